The van der Waals surface area contributed by atoms with Crippen molar-refractivity contribution in [3.8, 4) is 0 Å². The number of rotatable bonds is 5. The maximum Gasteiger partial charge on any atom is 0.451 e. The number of pyridine rings is 1. The van der Waals surface area contributed by atoms with Crippen molar-refractivity contribution in [2.24, 2.45) is 0 Å². The third-order valence-corrected chi connectivity index (χ3v) is 5.64. The number of morpholine rings is 1. The van der Waals surface area contributed by atoms with E-state index in [1.54, 1.807) is 18.2 Å². The summed E-state index contributed by atoms with van der Waals surface area (Å²) in [6.45, 7) is 2.32. The van der Waals surface area contributed by atoms with E-state index in [-0.39, 0.29) is 12.5 Å². The Hall–Kier alpha value is -2.63. The molecule has 2 aromatic heterocycles. The quantitative estimate of drug-likeness (QED) is 0.529. The predicted octanol–water partition coefficient (Wildman–Crippen LogP) is 3.61. The average Bonchev–Trinajstić information content (AvgIpc) is 2.79. The van der Waals surface area contributed by atoms with Gasteiger partial charge in [0.2, 0.25) is 5.82 Å². The van der Waals surface area contributed by atoms with Crippen LogP contribution in [0.3, 0.4) is 0 Å². The molecular weight excluding hydrogens is 491 g/mol. The highest BCUT2D eigenvalue weighted by atomic mass is 79.9. The Balaban J connectivity index is 1.56. The molecule has 0 aliphatic carbocycles. The van der Waals surface area contributed by atoms with Crippen molar-refractivity contribution in [2.75, 3.05) is 32.8 Å². The molecule has 1 aliphatic rings. The van der Waals surface area contributed by atoms with E-state index in [0.29, 0.717) is 52.9 Å². The first-order chi connectivity index (χ1) is 15.3. The van der Waals surface area contributed by atoms with E-state index in [0.717, 1.165) is 0 Å². The molecule has 0 bridgehead atoms. The van der Waals surface area contributed by atoms with Gasteiger partial charge in [0, 0.05) is 48.5 Å². The fourth-order valence-electron chi connectivity index (χ4n) is 3.62. The van der Waals surface area contributed by atoms with Crippen molar-refractivity contribution in [3.05, 3.63) is 64.3 Å². The lowest BCUT2D eigenvalue weighted by atomic mass is 10.1. The Morgan fingerprint density at radius 1 is 1.16 bits per heavy atom. The Labute approximate surface area is 190 Å². The van der Waals surface area contributed by atoms with Crippen LogP contribution in [0.1, 0.15) is 27.8 Å². The molecule has 3 aromatic rings. The molecule has 1 amide bonds. The molecule has 7 nitrogen and oxygen atoms in total. The van der Waals surface area contributed by atoms with Crippen LogP contribution in [0.25, 0.3) is 10.9 Å². The lowest BCUT2D eigenvalue weighted by Crippen LogP contribution is -2.44. The molecule has 4 rings (SSSR count). The molecule has 168 valence electrons. The van der Waals surface area contributed by atoms with Crippen LogP contribution in [-0.4, -0.2) is 58.6 Å². The fourth-order valence-corrected chi connectivity index (χ4v) is 3.94. The summed E-state index contributed by atoms with van der Waals surface area (Å²) in [4.78, 5) is 26.3. The Morgan fingerprint density at radius 2 is 1.88 bits per heavy atom. The number of alkyl halides is 3. The molecule has 0 spiro atoms. The molecule has 1 aliphatic heterocycles. The van der Waals surface area contributed by atoms with E-state index in [9.17, 15) is 18.0 Å². The molecule has 1 aromatic carbocycles. The third-order valence-electron chi connectivity index (χ3n) is 5.20. The summed E-state index contributed by atoms with van der Waals surface area (Å²) in [6.07, 6.45) is -2.28. The summed E-state index contributed by atoms with van der Waals surface area (Å²) in [7, 11) is 0. The molecule has 0 saturated carbocycles. The molecule has 3 heterocycles. The smallest absolute Gasteiger partial charge is 0.379 e. The molecule has 1 saturated heterocycles. The maximum atomic E-state index is 13.0. The second kappa shape index (κ2) is 9.47. The van der Waals surface area contributed by atoms with Crippen molar-refractivity contribution in [2.45, 2.75) is 12.2 Å². The standard InChI is InChI=1S/C21H19BrF3N5O2/c22-18-5-4-14-15(2-1-3-16(14)29-18)19(31)26-12-17(30-6-8-32-9-7-30)13-10-27-20(28-11-13)21(23,24)25/h1-5,10-11,17H,6-9,12H2,(H,26,31). The van der Waals surface area contributed by atoms with Crippen molar-refractivity contribution in [1.29, 1.82) is 0 Å². The van der Waals surface area contributed by atoms with Crippen molar-refractivity contribution >= 4 is 32.7 Å². The molecule has 1 unspecified atom stereocenters. The van der Waals surface area contributed by atoms with E-state index in [1.165, 1.54) is 12.4 Å². The molecular formula is C21H19BrF3N5O2. The van der Waals surface area contributed by atoms with Crippen LogP contribution in [-0.2, 0) is 10.9 Å². The Morgan fingerprint density at radius 3 is 2.56 bits per heavy atom. The maximum absolute atomic E-state index is 13.0. The van der Waals surface area contributed by atoms with E-state index >= 15 is 0 Å². The van der Waals surface area contributed by atoms with Crippen molar-refractivity contribution in [3.63, 3.8) is 0 Å². The summed E-state index contributed by atoms with van der Waals surface area (Å²) in [5, 5.41) is 3.61. The van der Waals surface area contributed by atoms with Gasteiger partial charge in [-0.1, -0.05) is 6.07 Å². The molecule has 11 heteroatoms. The normalized spacial score (nSPS) is 16.1. The van der Waals surface area contributed by atoms with Gasteiger partial charge in [-0.25, -0.2) is 15.0 Å². The topological polar surface area (TPSA) is 80.2 Å². The average molecular weight is 510 g/mol. The second-order valence-electron chi connectivity index (χ2n) is 7.22. The van der Waals surface area contributed by atoms with Gasteiger partial charge in [0.1, 0.15) is 4.60 Å². The van der Waals surface area contributed by atoms with Gasteiger partial charge >= 0.3 is 6.18 Å². The highest BCUT2D eigenvalue weighted by Crippen LogP contribution is 2.27. The van der Waals surface area contributed by atoms with Crippen molar-refractivity contribution in [1.82, 2.24) is 25.2 Å². The second-order valence-corrected chi connectivity index (χ2v) is 8.03. The van der Waals surface area contributed by atoms with Crippen LogP contribution in [0.4, 0.5) is 13.2 Å². The number of halogens is 4. The van der Waals surface area contributed by atoms with Gasteiger partial charge in [-0.15, -0.1) is 0 Å². The number of benzene rings is 1. The zero-order valence-electron chi connectivity index (χ0n) is 16.8. The number of amides is 1. The summed E-state index contributed by atoms with van der Waals surface area (Å²) in [6, 6.07) is 8.44. The molecule has 1 N–H and O–H groups in total. The van der Waals surface area contributed by atoms with Gasteiger partial charge in [0.05, 0.1) is 24.8 Å². The van der Waals surface area contributed by atoms with E-state index < -0.39 is 18.0 Å². The highest BCUT2D eigenvalue weighted by Gasteiger charge is 2.35. The van der Waals surface area contributed by atoms with E-state index in [4.69, 9.17) is 4.74 Å². The van der Waals surface area contributed by atoms with Crippen molar-refractivity contribution < 1.29 is 22.7 Å². The molecule has 1 atom stereocenters. The number of nitrogens with zero attached hydrogens (tertiary/aromatic N) is 4. The highest BCUT2D eigenvalue weighted by molar-refractivity contribution is 9.10. The summed E-state index contributed by atoms with van der Waals surface area (Å²) >= 11 is 3.32. The van der Waals surface area contributed by atoms with Crippen LogP contribution in [0.5, 0.6) is 0 Å². The molecule has 1 fully saturated rings. The fraction of sp³-hybridized carbons (Fsp3) is 0.333. The number of carbonyl (C=O) groups is 1. The summed E-state index contributed by atoms with van der Waals surface area (Å²) in [5.41, 5.74) is 1.63. The van der Waals surface area contributed by atoms with E-state index in [1.807, 2.05) is 17.0 Å². The Kier molecular flexibility index (Phi) is 6.68. The van der Waals surface area contributed by atoms with Gasteiger partial charge in [0.25, 0.3) is 5.91 Å². The number of nitrogens with one attached hydrogen (secondary N) is 1. The number of hydrogen-bond donors (Lipinski definition) is 1. The number of aromatic nitrogens is 3. The van der Waals surface area contributed by atoms with Gasteiger partial charge in [-0.3, -0.25) is 9.69 Å². The number of hydrogen-bond acceptors (Lipinski definition) is 6. The van der Waals surface area contributed by atoms with Gasteiger partial charge < -0.3 is 10.1 Å². The minimum absolute atomic E-state index is 0.175. The minimum atomic E-state index is -4.61. The third kappa shape index (κ3) is 5.05. The van der Waals surface area contributed by atoms with Gasteiger partial charge in [-0.05, 0) is 40.2 Å². The first-order valence-electron chi connectivity index (χ1n) is 9.87. The predicted molar refractivity (Wildman–Crippen MR) is 114 cm³/mol. The first-order valence-corrected chi connectivity index (χ1v) is 10.7. The first kappa shape index (κ1) is 22.6. The lowest BCUT2D eigenvalue weighted by molar-refractivity contribution is -0.145. The number of carbonyl (C=O) groups excluding carboxylic acids is 1. The zero-order valence-corrected chi connectivity index (χ0v) is 18.4. The Bertz CT molecular complexity index is 1100. The van der Waals surface area contributed by atoms with Gasteiger partial charge in [-0.2, -0.15) is 13.2 Å². The SMILES string of the molecule is O=C(NCC(c1cnc(C(F)(F)F)nc1)N1CCOCC1)c1cccc2nc(Br)ccc12. The molecule has 32 heavy (non-hydrogen) atoms. The summed E-state index contributed by atoms with van der Waals surface area (Å²) < 4.78 is 44.6. The minimum Gasteiger partial charge on any atom is -0.379 e. The van der Waals surface area contributed by atoms with Crippen LogP contribution in [0.2, 0.25) is 0 Å². The number of ether oxygens (including phenoxy) is 1. The number of fused-ring (bicyclic) bond motifs is 1. The van der Waals surface area contributed by atoms with Crippen LogP contribution < -0.4 is 5.32 Å². The molecule has 0 radical (unpaired) electrons. The van der Waals surface area contributed by atoms with Crippen LogP contribution >= 0.6 is 15.9 Å². The summed E-state index contributed by atoms with van der Waals surface area (Å²) in [5.74, 6) is -1.49. The monoisotopic (exact) mass is 509 g/mol. The van der Waals surface area contributed by atoms with Crippen LogP contribution in [0, 0.1) is 0 Å². The van der Waals surface area contributed by atoms with E-state index in [2.05, 4.69) is 36.2 Å². The largest absolute Gasteiger partial charge is 0.451 e. The van der Waals surface area contributed by atoms with Crippen LogP contribution in [0.15, 0.2) is 47.3 Å². The zero-order chi connectivity index (χ0) is 22.7. The lowest BCUT2D eigenvalue weighted by Gasteiger charge is -2.34. The van der Waals surface area contributed by atoms with Gasteiger partial charge in [0.15, 0.2) is 0 Å².